The van der Waals surface area contributed by atoms with Crippen LogP contribution in [0, 0.1) is 6.92 Å². The average Bonchev–Trinajstić information content (AvgIpc) is 3.11. The normalized spacial score (nSPS) is 10.9. The zero-order valence-corrected chi connectivity index (χ0v) is 16.5. The second-order valence-corrected chi connectivity index (χ2v) is 6.83. The fraction of sp³-hybridized carbons (Fsp3) is 0.182. The molecule has 27 heavy (non-hydrogen) atoms. The summed E-state index contributed by atoms with van der Waals surface area (Å²) in [7, 11) is 0. The molecule has 0 aliphatic rings. The average molecular weight is 377 g/mol. The second-order valence-electron chi connectivity index (χ2n) is 6.42. The molecule has 4 nitrogen and oxygen atoms in total. The quantitative estimate of drug-likeness (QED) is 0.371. The van der Waals surface area contributed by atoms with Crippen molar-refractivity contribution in [2.45, 2.75) is 26.8 Å². The maximum absolute atomic E-state index is 5.32. The van der Waals surface area contributed by atoms with Crippen molar-refractivity contribution in [3.05, 3.63) is 89.2 Å². The summed E-state index contributed by atoms with van der Waals surface area (Å²) < 4.78 is 2.15. The van der Waals surface area contributed by atoms with Gasteiger partial charge in [0, 0.05) is 18.4 Å². The molecule has 138 valence electrons. The molecule has 3 rings (SSSR count). The molecule has 0 saturated carbocycles. The maximum Gasteiger partial charge on any atom is 0.191 e. The maximum atomic E-state index is 5.32. The first-order valence-corrected chi connectivity index (χ1v) is 9.44. The summed E-state index contributed by atoms with van der Waals surface area (Å²) in [5, 5.41) is 7.89. The van der Waals surface area contributed by atoms with Crippen molar-refractivity contribution in [1.82, 2.24) is 9.99 Å². The van der Waals surface area contributed by atoms with Crippen molar-refractivity contribution >= 4 is 29.2 Å². The molecule has 0 radical (unpaired) electrons. The van der Waals surface area contributed by atoms with E-state index < -0.39 is 0 Å². The molecule has 2 aromatic carbocycles. The van der Waals surface area contributed by atoms with Crippen LogP contribution in [0.5, 0.6) is 0 Å². The van der Waals surface area contributed by atoms with E-state index in [1.54, 1.807) is 6.21 Å². The first kappa shape index (κ1) is 18.9. The number of aryl methyl sites for hydroxylation is 2. The predicted octanol–water partition coefficient (Wildman–Crippen LogP) is 4.73. The summed E-state index contributed by atoms with van der Waals surface area (Å²) in [5.74, 6) is 0. The molecular formula is C22H24N4S. The first-order chi connectivity index (χ1) is 13.1. The lowest BCUT2D eigenvalue weighted by Crippen LogP contribution is -2.24. The van der Waals surface area contributed by atoms with E-state index in [4.69, 9.17) is 12.2 Å². The van der Waals surface area contributed by atoms with E-state index in [9.17, 15) is 0 Å². The highest BCUT2D eigenvalue weighted by atomic mass is 32.1. The molecular weight excluding hydrogens is 352 g/mol. The zero-order chi connectivity index (χ0) is 19.1. The van der Waals surface area contributed by atoms with Crippen LogP contribution in [-0.4, -0.2) is 15.9 Å². The number of benzene rings is 2. The monoisotopic (exact) mass is 376 g/mol. The molecule has 0 spiro atoms. The summed E-state index contributed by atoms with van der Waals surface area (Å²) >= 11 is 5.32. The van der Waals surface area contributed by atoms with Gasteiger partial charge < -0.3 is 9.88 Å². The van der Waals surface area contributed by atoms with Crippen molar-refractivity contribution in [2.24, 2.45) is 5.10 Å². The highest BCUT2D eigenvalue weighted by Gasteiger charge is 2.01. The van der Waals surface area contributed by atoms with Gasteiger partial charge in [0.15, 0.2) is 5.11 Å². The number of aromatic nitrogens is 1. The zero-order valence-electron chi connectivity index (χ0n) is 15.6. The van der Waals surface area contributed by atoms with Crippen molar-refractivity contribution in [3.63, 3.8) is 0 Å². The van der Waals surface area contributed by atoms with Crippen LogP contribution in [0.15, 0.2) is 72.0 Å². The topological polar surface area (TPSA) is 41.4 Å². The minimum Gasteiger partial charge on any atom is -0.342 e. The molecule has 3 aromatic rings. The Labute approximate surface area is 165 Å². The van der Waals surface area contributed by atoms with E-state index >= 15 is 0 Å². The predicted molar refractivity (Wildman–Crippen MR) is 117 cm³/mol. The lowest BCUT2D eigenvalue weighted by atomic mass is 10.1. The number of hydrogen-bond acceptors (Lipinski definition) is 2. The van der Waals surface area contributed by atoms with Crippen LogP contribution in [0.3, 0.4) is 0 Å². The van der Waals surface area contributed by atoms with Gasteiger partial charge in [-0.2, -0.15) is 5.10 Å². The van der Waals surface area contributed by atoms with Gasteiger partial charge in [-0.15, -0.1) is 0 Å². The van der Waals surface area contributed by atoms with Crippen molar-refractivity contribution in [3.8, 4) is 0 Å². The molecule has 0 fully saturated rings. The molecule has 0 unspecified atom stereocenters. The molecule has 0 bridgehead atoms. The van der Waals surface area contributed by atoms with E-state index in [0.29, 0.717) is 5.11 Å². The number of thiocarbonyl (C=S) groups is 1. The number of nitrogens with one attached hydrogen (secondary N) is 2. The molecule has 0 atom stereocenters. The summed E-state index contributed by atoms with van der Waals surface area (Å²) in [5.41, 5.74) is 8.64. The van der Waals surface area contributed by atoms with E-state index in [2.05, 4.69) is 70.7 Å². The molecule has 1 aromatic heterocycles. The Morgan fingerprint density at radius 2 is 1.89 bits per heavy atom. The van der Waals surface area contributed by atoms with Gasteiger partial charge in [-0.3, -0.25) is 5.43 Å². The van der Waals surface area contributed by atoms with Gasteiger partial charge in [0.05, 0.1) is 11.9 Å². The van der Waals surface area contributed by atoms with E-state index in [0.717, 1.165) is 24.3 Å². The number of nitrogens with zero attached hydrogens (tertiary/aromatic N) is 2. The number of anilines is 1. The standard InChI is InChI=1S/C22H24N4S/c1-3-18-6-4-7-20(14-18)24-22(27)25-23-15-21-8-5-13-26(21)16-19-11-9-17(2)10-12-19/h4-15H,3,16H2,1-2H3,(H2,24,25,27)/b23-15-. The molecule has 0 amide bonds. The summed E-state index contributed by atoms with van der Waals surface area (Å²) in [4.78, 5) is 0. The largest absolute Gasteiger partial charge is 0.342 e. The van der Waals surface area contributed by atoms with Crippen molar-refractivity contribution < 1.29 is 0 Å². The summed E-state index contributed by atoms with van der Waals surface area (Å²) in [6, 6.07) is 20.8. The molecule has 1 heterocycles. The van der Waals surface area contributed by atoms with E-state index in [1.807, 2.05) is 30.5 Å². The van der Waals surface area contributed by atoms with Crippen LogP contribution >= 0.6 is 12.2 Å². The van der Waals surface area contributed by atoms with Crippen LogP contribution in [0.1, 0.15) is 29.3 Å². The van der Waals surface area contributed by atoms with Gasteiger partial charge in [-0.1, -0.05) is 48.9 Å². The van der Waals surface area contributed by atoms with Gasteiger partial charge in [0.25, 0.3) is 0 Å². The third-order valence-corrected chi connectivity index (χ3v) is 4.49. The van der Waals surface area contributed by atoms with Crippen LogP contribution in [0.25, 0.3) is 0 Å². The third kappa shape index (κ3) is 5.53. The fourth-order valence-electron chi connectivity index (χ4n) is 2.76. The molecule has 0 saturated heterocycles. The van der Waals surface area contributed by atoms with Gasteiger partial charge >= 0.3 is 0 Å². The Morgan fingerprint density at radius 3 is 2.67 bits per heavy atom. The minimum atomic E-state index is 0.469. The Morgan fingerprint density at radius 1 is 1.07 bits per heavy atom. The Balaban J connectivity index is 1.57. The van der Waals surface area contributed by atoms with Crippen molar-refractivity contribution in [1.29, 1.82) is 0 Å². The third-order valence-electron chi connectivity index (χ3n) is 4.29. The Bertz CT molecular complexity index is 925. The van der Waals surface area contributed by atoms with Crippen LogP contribution < -0.4 is 10.7 Å². The van der Waals surface area contributed by atoms with Crippen molar-refractivity contribution in [2.75, 3.05) is 5.32 Å². The molecule has 2 N–H and O–H groups in total. The van der Waals surface area contributed by atoms with Crippen LogP contribution in [-0.2, 0) is 13.0 Å². The number of rotatable bonds is 6. The minimum absolute atomic E-state index is 0.469. The van der Waals surface area contributed by atoms with Gasteiger partial charge in [0.2, 0.25) is 0 Å². The SMILES string of the molecule is CCc1cccc(NC(=S)N/N=C\c2cccn2Cc2ccc(C)cc2)c1. The summed E-state index contributed by atoms with van der Waals surface area (Å²) in [6.07, 6.45) is 4.82. The van der Waals surface area contributed by atoms with Crippen LogP contribution in [0.2, 0.25) is 0 Å². The molecule has 0 aliphatic carbocycles. The fourth-order valence-corrected chi connectivity index (χ4v) is 2.93. The van der Waals surface area contributed by atoms with E-state index in [1.165, 1.54) is 16.7 Å². The number of hydrogen-bond donors (Lipinski definition) is 2. The lowest BCUT2D eigenvalue weighted by molar-refractivity contribution is 0.798. The smallest absolute Gasteiger partial charge is 0.191 e. The lowest BCUT2D eigenvalue weighted by Gasteiger charge is -2.09. The highest BCUT2D eigenvalue weighted by molar-refractivity contribution is 7.80. The highest BCUT2D eigenvalue weighted by Crippen LogP contribution is 2.11. The van der Waals surface area contributed by atoms with Gasteiger partial charge in [-0.25, -0.2) is 0 Å². The van der Waals surface area contributed by atoms with Gasteiger partial charge in [0.1, 0.15) is 0 Å². The second kappa shape index (κ2) is 9.14. The summed E-state index contributed by atoms with van der Waals surface area (Å²) in [6.45, 7) is 5.03. The van der Waals surface area contributed by atoms with E-state index in [-0.39, 0.29) is 0 Å². The Hall–Kier alpha value is -2.92. The molecule has 0 aliphatic heterocycles. The van der Waals surface area contributed by atoms with Crippen LogP contribution in [0.4, 0.5) is 5.69 Å². The van der Waals surface area contributed by atoms with Gasteiger partial charge in [-0.05, 0) is 61.0 Å². The first-order valence-electron chi connectivity index (χ1n) is 9.03. The Kier molecular flexibility index (Phi) is 6.39. The molecule has 5 heteroatoms. The number of hydrazone groups is 1.